The Kier molecular flexibility index (Phi) is 3.92. The number of nitrogens with one attached hydrogen (secondary N) is 1. The minimum Gasteiger partial charge on any atom is -0.469 e. The molecule has 8 heteroatoms. The molecule has 0 spiro atoms. The van der Waals surface area contributed by atoms with E-state index in [0.29, 0.717) is 5.78 Å². The average molecular weight is 277 g/mol. The van der Waals surface area contributed by atoms with E-state index in [-0.39, 0.29) is 24.8 Å². The molecule has 0 saturated carbocycles. The first-order valence-corrected chi connectivity index (χ1v) is 6.07. The molecule has 2 rings (SSSR count). The highest BCUT2D eigenvalue weighted by Crippen LogP contribution is 2.05. The minimum atomic E-state index is -0.448. The van der Waals surface area contributed by atoms with Gasteiger partial charge in [-0.1, -0.05) is 0 Å². The molecule has 0 atom stereocenters. The highest BCUT2D eigenvalue weighted by molar-refractivity contribution is 5.91. The Balaban J connectivity index is 2.11. The molecular weight excluding hydrogens is 262 g/mol. The number of methoxy groups -OCH3 is 1. The van der Waals surface area contributed by atoms with Crippen LogP contribution in [0.3, 0.4) is 0 Å². The molecule has 2 aromatic heterocycles. The van der Waals surface area contributed by atoms with Gasteiger partial charge in [-0.05, 0) is 19.9 Å². The van der Waals surface area contributed by atoms with E-state index in [1.54, 1.807) is 0 Å². The van der Waals surface area contributed by atoms with Crippen molar-refractivity contribution in [3.8, 4) is 0 Å². The number of fused-ring (bicyclic) bond motifs is 1. The Bertz CT molecular complexity index is 664. The van der Waals surface area contributed by atoms with E-state index in [1.165, 1.54) is 11.6 Å². The third kappa shape index (κ3) is 2.90. The number of carbonyl (C=O) groups excluding carboxylic acids is 2. The lowest BCUT2D eigenvalue weighted by molar-refractivity contribution is -0.140. The lowest BCUT2D eigenvalue weighted by atomic mass is 10.4. The predicted octanol–water partition coefficient (Wildman–Crippen LogP) is 0.0340. The number of esters is 1. The third-order valence-electron chi connectivity index (χ3n) is 2.66. The van der Waals surface area contributed by atoms with Gasteiger partial charge in [0, 0.05) is 17.9 Å². The summed E-state index contributed by atoms with van der Waals surface area (Å²) in [6.07, 6.45) is 0.103. The zero-order valence-electron chi connectivity index (χ0n) is 11.5. The number of aryl methyl sites for hydroxylation is 2. The van der Waals surface area contributed by atoms with Gasteiger partial charge >= 0.3 is 5.97 Å². The SMILES string of the molecule is COC(=O)CCNC(=O)c1nc2nc(C)cc(C)n2n1. The second-order valence-electron chi connectivity index (χ2n) is 4.27. The first-order valence-electron chi connectivity index (χ1n) is 6.07. The summed E-state index contributed by atoms with van der Waals surface area (Å²) in [7, 11) is 1.30. The summed E-state index contributed by atoms with van der Waals surface area (Å²) < 4.78 is 5.98. The molecule has 0 saturated heterocycles. The lowest BCUT2D eigenvalue weighted by Gasteiger charge is -2.00. The normalized spacial score (nSPS) is 10.6. The zero-order chi connectivity index (χ0) is 14.7. The number of aromatic nitrogens is 4. The number of carbonyl (C=O) groups is 2. The van der Waals surface area contributed by atoms with E-state index in [2.05, 4.69) is 25.1 Å². The highest BCUT2D eigenvalue weighted by Gasteiger charge is 2.14. The Morgan fingerprint density at radius 2 is 2.10 bits per heavy atom. The molecule has 0 bridgehead atoms. The van der Waals surface area contributed by atoms with Crippen molar-refractivity contribution in [2.45, 2.75) is 20.3 Å². The molecule has 0 aliphatic rings. The van der Waals surface area contributed by atoms with Gasteiger partial charge in [0.15, 0.2) is 0 Å². The molecule has 0 aliphatic heterocycles. The average Bonchev–Trinajstić information content (AvgIpc) is 2.82. The topological polar surface area (TPSA) is 98.5 Å². The van der Waals surface area contributed by atoms with Gasteiger partial charge in [-0.3, -0.25) is 9.59 Å². The molecule has 2 heterocycles. The maximum absolute atomic E-state index is 11.9. The van der Waals surface area contributed by atoms with Crippen LogP contribution < -0.4 is 5.32 Å². The number of nitrogens with zero attached hydrogens (tertiary/aromatic N) is 4. The van der Waals surface area contributed by atoms with E-state index < -0.39 is 5.91 Å². The highest BCUT2D eigenvalue weighted by atomic mass is 16.5. The summed E-state index contributed by atoms with van der Waals surface area (Å²) in [6, 6.07) is 1.85. The predicted molar refractivity (Wildman–Crippen MR) is 69.2 cm³/mol. The second kappa shape index (κ2) is 5.64. The van der Waals surface area contributed by atoms with Gasteiger partial charge in [-0.25, -0.2) is 9.50 Å². The number of hydrogen-bond acceptors (Lipinski definition) is 6. The molecule has 0 radical (unpaired) electrons. The first-order chi connectivity index (χ1) is 9.51. The van der Waals surface area contributed by atoms with Crippen LogP contribution in [0.2, 0.25) is 0 Å². The van der Waals surface area contributed by atoms with Gasteiger partial charge < -0.3 is 10.1 Å². The van der Waals surface area contributed by atoms with Crippen LogP contribution in [0.5, 0.6) is 0 Å². The number of rotatable bonds is 4. The van der Waals surface area contributed by atoms with Crippen LogP contribution in [0, 0.1) is 13.8 Å². The summed E-state index contributed by atoms with van der Waals surface area (Å²) in [4.78, 5) is 31.0. The van der Waals surface area contributed by atoms with Crippen LogP contribution in [0.15, 0.2) is 6.07 Å². The Labute approximate surface area is 115 Å². The van der Waals surface area contributed by atoms with Crippen LogP contribution >= 0.6 is 0 Å². The molecule has 1 N–H and O–H groups in total. The van der Waals surface area contributed by atoms with Gasteiger partial charge in [0.1, 0.15) is 0 Å². The minimum absolute atomic E-state index is 0.0241. The molecule has 2 aromatic rings. The summed E-state index contributed by atoms with van der Waals surface area (Å²) in [6.45, 7) is 3.87. The van der Waals surface area contributed by atoms with Crippen molar-refractivity contribution in [2.75, 3.05) is 13.7 Å². The number of hydrogen-bond donors (Lipinski definition) is 1. The van der Waals surface area contributed by atoms with Crippen LogP contribution in [0.1, 0.15) is 28.4 Å². The molecule has 0 aliphatic carbocycles. The fourth-order valence-corrected chi connectivity index (χ4v) is 1.72. The van der Waals surface area contributed by atoms with Gasteiger partial charge in [0.25, 0.3) is 11.7 Å². The van der Waals surface area contributed by atoms with Crippen LogP contribution in [0.4, 0.5) is 0 Å². The van der Waals surface area contributed by atoms with Gasteiger partial charge in [-0.15, -0.1) is 5.10 Å². The van der Waals surface area contributed by atoms with Gasteiger partial charge in [0.05, 0.1) is 13.5 Å². The molecule has 1 amide bonds. The molecular formula is C12H15N5O3. The standard InChI is InChI=1S/C12H15N5O3/c1-7-6-8(2)17-12(14-7)15-10(16-17)11(19)13-5-4-9(18)20-3/h6H,4-5H2,1-3H3,(H,13,19). The molecule has 0 aromatic carbocycles. The zero-order valence-corrected chi connectivity index (χ0v) is 11.5. The maximum atomic E-state index is 11.9. The van der Waals surface area contributed by atoms with Crippen molar-refractivity contribution >= 4 is 17.7 Å². The van der Waals surface area contributed by atoms with E-state index in [4.69, 9.17) is 0 Å². The van der Waals surface area contributed by atoms with Gasteiger partial charge in [0.2, 0.25) is 5.82 Å². The number of ether oxygens (including phenoxy) is 1. The number of amides is 1. The monoisotopic (exact) mass is 277 g/mol. The van der Waals surface area contributed by atoms with Crippen molar-refractivity contribution < 1.29 is 14.3 Å². The van der Waals surface area contributed by atoms with E-state index in [1.807, 2.05) is 19.9 Å². The van der Waals surface area contributed by atoms with Crippen LogP contribution in [-0.4, -0.2) is 45.1 Å². The van der Waals surface area contributed by atoms with E-state index in [0.717, 1.165) is 11.4 Å². The largest absolute Gasteiger partial charge is 0.469 e. The fourth-order valence-electron chi connectivity index (χ4n) is 1.72. The van der Waals surface area contributed by atoms with Gasteiger partial charge in [-0.2, -0.15) is 4.98 Å². The first kappa shape index (κ1) is 13.9. The second-order valence-corrected chi connectivity index (χ2v) is 4.27. The molecule has 106 valence electrons. The van der Waals surface area contributed by atoms with Crippen molar-refractivity contribution in [2.24, 2.45) is 0 Å². The van der Waals surface area contributed by atoms with Crippen molar-refractivity contribution in [3.63, 3.8) is 0 Å². The molecule has 20 heavy (non-hydrogen) atoms. The molecule has 0 unspecified atom stereocenters. The van der Waals surface area contributed by atoms with Crippen molar-refractivity contribution in [3.05, 3.63) is 23.3 Å². The summed E-state index contributed by atoms with van der Waals surface area (Å²) >= 11 is 0. The molecule has 8 nitrogen and oxygen atoms in total. The maximum Gasteiger partial charge on any atom is 0.307 e. The Hall–Kier alpha value is -2.51. The lowest BCUT2D eigenvalue weighted by Crippen LogP contribution is -2.27. The van der Waals surface area contributed by atoms with Crippen molar-refractivity contribution in [1.29, 1.82) is 0 Å². The quantitative estimate of drug-likeness (QED) is 0.792. The summed E-state index contributed by atoms with van der Waals surface area (Å²) in [5.74, 6) is -0.436. The fraction of sp³-hybridized carbons (Fsp3) is 0.417. The molecule has 0 fully saturated rings. The Morgan fingerprint density at radius 3 is 2.80 bits per heavy atom. The van der Waals surface area contributed by atoms with Crippen LogP contribution in [-0.2, 0) is 9.53 Å². The van der Waals surface area contributed by atoms with Crippen LogP contribution in [0.25, 0.3) is 5.78 Å². The van der Waals surface area contributed by atoms with Crippen molar-refractivity contribution in [1.82, 2.24) is 24.9 Å². The Morgan fingerprint density at radius 1 is 1.35 bits per heavy atom. The third-order valence-corrected chi connectivity index (χ3v) is 2.66. The van der Waals surface area contributed by atoms with E-state index in [9.17, 15) is 9.59 Å². The van der Waals surface area contributed by atoms with E-state index >= 15 is 0 Å². The summed E-state index contributed by atoms with van der Waals surface area (Å²) in [5.41, 5.74) is 1.65. The smallest absolute Gasteiger partial charge is 0.307 e. The summed E-state index contributed by atoms with van der Waals surface area (Å²) in [5, 5.41) is 6.64.